The highest BCUT2D eigenvalue weighted by Crippen LogP contribution is 2.37. The van der Waals surface area contributed by atoms with E-state index in [-0.39, 0.29) is 17.5 Å². The maximum Gasteiger partial charge on any atom is 0.234 e. The lowest BCUT2D eigenvalue weighted by molar-refractivity contribution is -0.121. The number of fused-ring (bicyclic) bond motifs is 1. The smallest absolute Gasteiger partial charge is 0.234 e. The van der Waals surface area contributed by atoms with Gasteiger partial charge in [0.25, 0.3) is 0 Å². The van der Waals surface area contributed by atoms with Crippen molar-refractivity contribution in [1.29, 1.82) is 0 Å². The van der Waals surface area contributed by atoms with Crippen molar-refractivity contribution < 1.29 is 4.79 Å². The molecule has 0 aliphatic carbocycles. The van der Waals surface area contributed by atoms with Crippen LogP contribution in [-0.4, -0.2) is 23.7 Å². The molecule has 20 heavy (non-hydrogen) atoms. The first-order valence-electron chi connectivity index (χ1n) is 6.82. The molecule has 0 saturated carbocycles. The van der Waals surface area contributed by atoms with Crippen LogP contribution < -0.4 is 10.6 Å². The zero-order valence-electron chi connectivity index (χ0n) is 12.1. The molecule has 5 heteroatoms. The summed E-state index contributed by atoms with van der Waals surface area (Å²) in [6, 6.07) is 5.97. The van der Waals surface area contributed by atoms with Crippen LogP contribution in [0.25, 0.3) is 0 Å². The highest BCUT2D eigenvalue weighted by Gasteiger charge is 2.23. The van der Waals surface area contributed by atoms with Gasteiger partial charge in [-0.3, -0.25) is 4.79 Å². The maximum absolute atomic E-state index is 12.0. The molecule has 0 fully saturated rings. The molecule has 0 saturated heterocycles. The Morgan fingerprint density at radius 1 is 1.45 bits per heavy atom. The minimum atomic E-state index is -0.0546. The number of thioether (sulfide) groups is 1. The minimum Gasteiger partial charge on any atom is -0.348 e. The fourth-order valence-electron chi connectivity index (χ4n) is 2.11. The summed E-state index contributed by atoms with van der Waals surface area (Å²) < 4.78 is 0. The number of carbonyl (C=O) groups excluding carboxylic acids is 1. The molecule has 1 heterocycles. The second kappa shape index (κ2) is 6.37. The van der Waals surface area contributed by atoms with E-state index in [4.69, 9.17) is 11.6 Å². The number of benzene rings is 1. The largest absolute Gasteiger partial charge is 0.348 e. The molecule has 1 aromatic rings. The molecule has 1 aliphatic heterocycles. The molecule has 2 rings (SSSR count). The van der Waals surface area contributed by atoms with Crippen molar-refractivity contribution >= 4 is 29.3 Å². The monoisotopic (exact) mass is 312 g/mol. The Morgan fingerprint density at radius 3 is 2.90 bits per heavy atom. The molecular formula is C15H21ClN2OS. The fraction of sp³-hybridized carbons (Fsp3) is 0.533. The number of halogens is 1. The van der Waals surface area contributed by atoms with Gasteiger partial charge >= 0.3 is 0 Å². The summed E-state index contributed by atoms with van der Waals surface area (Å²) in [5.74, 6) is 1.05. The summed E-state index contributed by atoms with van der Waals surface area (Å²) >= 11 is 7.89. The normalized spacial score (nSPS) is 18.5. The van der Waals surface area contributed by atoms with E-state index in [0.717, 1.165) is 22.8 Å². The number of hydrogen-bond donors (Lipinski definition) is 2. The molecule has 3 nitrogen and oxygen atoms in total. The Labute approximate surface area is 129 Å². The van der Waals surface area contributed by atoms with E-state index >= 15 is 0 Å². The Balaban J connectivity index is 2.01. The van der Waals surface area contributed by atoms with Crippen molar-refractivity contribution in [1.82, 2.24) is 10.6 Å². The maximum atomic E-state index is 12.0. The van der Waals surface area contributed by atoms with Crippen LogP contribution in [0.3, 0.4) is 0 Å². The zero-order chi connectivity index (χ0) is 14.8. The van der Waals surface area contributed by atoms with Gasteiger partial charge in [-0.1, -0.05) is 11.6 Å². The van der Waals surface area contributed by atoms with Gasteiger partial charge in [0, 0.05) is 21.2 Å². The average molecular weight is 313 g/mol. The van der Waals surface area contributed by atoms with E-state index < -0.39 is 0 Å². The van der Waals surface area contributed by atoms with Crippen molar-refractivity contribution in [2.24, 2.45) is 0 Å². The van der Waals surface area contributed by atoms with E-state index in [9.17, 15) is 4.79 Å². The number of nitrogens with one attached hydrogen (secondary N) is 2. The third kappa shape index (κ3) is 4.40. The summed E-state index contributed by atoms with van der Waals surface area (Å²) in [5, 5.41) is 7.03. The molecule has 0 bridgehead atoms. The van der Waals surface area contributed by atoms with Gasteiger partial charge < -0.3 is 10.6 Å². The van der Waals surface area contributed by atoms with E-state index in [2.05, 4.69) is 10.6 Å². The predicted octanol–water partition coefficient (Wildman–Crippen LogP) is 3.38. The van der Waals surface area contributed by atoms with Crippen molar-refractivity contribution in [3.8, 4) is 0 Å². The Bertz CT molecular complexity index is 499. The third-order valence-corrected chi connectivity index (χ3v) is 4.48. The van der Waals surface area contributed by atoms with Gasteiger partial charge in [0.1, 0.15) is 0 Å². The highest BCUT2D eigenvalue weighted by molar-refractivity contribution is 7.99. The molecule has 1 aromatic carbocycles. The van der Waals surface area contributed by atoms with Crippen molar-refractivity contribution in [2.45, 2.75) is 43.7 Å². The molecule has 0 aromatic heterocycles. The number of amides is 1. The van der Waals surface area contributed by atoms with E-state index in [1.165, 1.54) is 4.90 Å². The Hall–Kier alpha value is -0.710. The molecule has 1 unspecified atom stereocenters. The van der Waals surface area contributed by atoms with Crippen LogP contribution in [0, 0.1) is 0 Å². The van der Waals surface area contributed by atoms with Crippen molar-refractivity contribution in [2.75, 3.05) is 12.3 Å². The lowest BCUT2D eigenvalue weighted by Gasteiger charge is -2.27. The molecule has 1 amide bonds. The second-order valence-corrected chi connectivity index (χ2v) is 7.62. The highest BCUT2D eigenvalue weighted by atomic mass is 35.5. The van der Waals surface area contributed by atoms with Crippen LogP contribution in [0.15, 0.2) is 23.1 Å². The van der Waals surface area contributed by atoms with Gasteiger partial charge in [0.2, 0.25) is 5.91 Å². The summed E-state index contributed by atoms with van der Waals surface area (Å²) in [6.45, 7) is 6.48. The SMILES string of the molecule is CC(C)(C)NCC(=O)NC1CCSc2ccc(Cl)cc21. The fourth-order valence-corrected chi connectivity index (χ4v) is 3.39. The lowest BCUT2D eigenvalue weighted by atomic mass is 10.0. The van der Waals surface area contributed by atoms with Crippen LogP contribution in [0.2, 0.25) is 5.02 Å². The molecule has 0 spiro atoms. The van der Waals surface area contributed by atoms with Crippen LogP contribution in [0.1, 0.15) is 38.8 Å². The van der Waals surface area contributed by atoms with E-state index in [0.29, 0.717) is 6.54 Å². The lowest BCUT2D eigenvalue weighted by Crippen LogP contribution is -2.44. The first-order valence-corrected chi connectivity index (χ1v) is 8.18. The van der Waals surface area contributed by atoms with Gasteiger partial charge in [-0.25, -0.2) is 0 Å². The quantitative estimate of drug-likeness (QED) is 0.899. The minimum absolute atomic E-state index is 0.0303. The van der Waals surface area contributed by atoms with Gasteiger partial charge in [0.05, 0.1) is 12.6 Å². The first kappa shape index (κ1) is 15.7. The molecule has 110 valence electrons. The summed E-state index contributed by atoms with van der Waals surface area (Å²) in [6.07, 6.45) is 0.944. The Morgan fingerprint density at radius 2 is 2.20 bits per heavy atom. The summed E-state index contributed by atoms with van der Waals surface area (Å²) in [5.41, 5.74) is 1.08. The standard InChI is InChI=1S/C15H21ClN2OS/c1-15(2,3)17-9-14(19)18-12-6-7-20-13-5-4-10(16)8-11(12)13/h4-5,8,12,17H,6-7,9H2,1-3H3,(H,18,19). The van der Waals surface area contributed by atoms with Crippen molar-refractivity contribution in [3.63, 3.8) is 0 Å². The average Bonchev–Trinajstić information content (AvgIpc) is 2.36. The molecular weight excluding hydrogens is 292 g/mol. The summed E-state index contributed by atoms with van der Waals surface area (Å²) in [4.78, 5) is 13.3. The molecule has 1 atom stereocenters. The van der Waals surface area contributed by atoms with Gasteiger partial charge in [-0.05, 0) is 51.0 Å². The first-order chi connectivity index (χ1) is 9.35. The van der Waals surface area contributed by atoms with Crippen LogP contribution in [0.5, 0.6) is 0 Å². The molecule has 1 aliphatic rings. The number of carbonyl (C=O) groups is 1. The van der Waals surface area contributed by atoms with Crippen LogP contribution in [0.4, 0.5) is 0 Å². The molecule has 2 N–H and O–H groups in total. The number of hydrogen-bond acceptors (Lipinski definition) is 3. The van der Waals surface area contributed by atoms with Crippen LogP contribution >= 0.6 is 23.4 Å². The second-order valence-electron chi connectivity index (χ2n) is 6.04. The topological polar surface area (TPSA) is 41.1 Å². The number of rotatable bonds is 3. The Kier molecular flexibility index (Phi) is 4.99. The van der Waals surface area contributed by atoms with Gasteiger partial charge in [-0.15, -0.1) is 11.8 Å². The van der Waals surface area contributed by atoms with Crippen molar-refractivity contribution in [3.05, 3.63) is 28.8 Å². The zero-order valence-corrected chi connectivity index (χ0v) is 13.7. The predicted molar refractivity (Wildman–Crippen MR) is 85.4 cm³/mol. The molecule has 0 radical (unpaired) electrons. The van der Waals surface area contributed by atoms with E-state index in [1.54, 1.807) is 0 Å². The summed E-state index contributed by atoms with van der Waals surface area (Å²) in [7, 11) is 0. The van der Waals surface area contributed by atoms with Gasteiger partial charge in [-0.2, -0.15) is 0 Å². The van der Waals surface area contributed by atoms with E-state index in [1.807, 2.05) is 50.7 Å². The third-order valence-electron chi connectivity index (χ3n) is 3.13. The van der Waals surface area contributed by atoms with Gasteiger partial charge in [0.15, 0.2) is 0 Å². The van der Waals surface area contributed by atoms with Crippen LogP contribution in [-0.2, 0) is 4.79 Å².